The Kier molecular flexibility index (Phi) is 2.79. The number of aromatic nitrogens is 3. The number of hydrogen-bond donors (Lipinski definition) is 1. The minimum Gasteiger partial charge on any atom is -0.494 e. The molecule has 2 aromatic carbocycles. The molecule has 5 nitrogen and oxygen atoms in total. The fourth-order valence-corrected chi connectivity index (χ4v) is 2.06. The van der Waals surface area contributed by atoms with Gasteiger partial charge < -0.3 is 9.94 Å². The Morgan fingerprint density at radius 3 is 2.63 bits per heavy atom. The second-order valence-corrected chi connectivity index (χ2v) is 4.10. The summed E-state index contributed by atoms with van der Waals surface area (Å²) in [6.07, 6.45) is 0. The van der Waals surface area contributed by atoms with E-state index in [-0.39, 0.29) is 0 Å². The normalized spacial score (nSPS) is 10.8. The fourth-order valence-electron chi connectivity index (χ4n) is 2.06. The van der Waals surface area contributed by atoms with Gasteiger partial charge in [-0.05, 0) is 35.6 Å². The zero-order chi connectivity index (χ0) is 13.2. The average Bonchev–Trinajstić information content (AvgIpc) is 2.80. The molecule has 0 spiro atoms. The Morgan fingerprint density at radius 2 is 1.89 bits per heavy atom. The lowest BCUT2D eigenvalue weighted by molar-refractivity contribution is 0.113. The molecule has 5 heteroatoms. The van der Waals surface area contributed by atoms with Gasteiger partial charge in [0.25, 0.3) is 0 Å². The van der Waals surface area contributed by atoms with E-state index in [1.54, 1.807) is 0 Å². The van der Waals surface area contributed by atoms with Crippen molar-refractivity contribution in [2.45, 2.75) is 6.92 Å². The van der Waals surface area contributed by atoms with Crippen molar-refractivity contribution in [2.24, 2.45) is 0 Å². The molecule has 0 bridgehead atoms. The maximum Gasteiger partial charge on any atom is 0.124 e. The largest absolute Gasteiger partial charge is 0.494 e. The van der Waals surface area contributed by atoms with E-state index in [9.17, 15) is 5.21 Å². The van der Waals surface area contributed by atoms with Gasteiger partial charge in [0.05, 0.1) is 6.61 Å². The van der Waals surface area contributed by atoms with Gasteiger partial charge in [0.1, 0.15) is 16.8 Å². The van der Waals surface area contributed by atoms with Gasteiger partial charge in [-0.1, -0.05) is 24.3 Å². The van der Waals surface area contributed by atoms with Gasteiger partial charge in [0, 0.05) is 5.56 Å². The molecular weight excluding hydrogens is 242 g/mol. The summed E-state index contributed by atoms with van der Waals surface area (Å²) < 4.78 is 5.42. The number of nitrogens with zero attached hydrogens (tertiary/aromatic N) is 3. The average molecular weight is 255 g/mol. The second-order valence-electron chi connectivity index (χ2n) is 4.10. The highest BCUT2D eigenvalue weighted by Crippen LogP contribution is 2.27. The van der Waals surface area contributed by atoms with Crippen molar-refractivity contribution < 1.29 is 9.94 Å². The van der Waals surface area contributed by atoms with Crippen molar-refractivity contribution in [3.05, 3.63) is 42.5 Å². The summed E-state index contributed by atoms with van der Waals surface area (Å²) in [5, 5.41) is 17.2. The van der Waals surface area contributed by atoms with Crippen LogP contribution < -0.4 is 4.74 Å². The monoisotopic (exact) mass is 255 g/mol. The summed E-state index contributed by atoms with van der Waals surface area (Å²) in [6, 6.07) is 13.4. The lowest BCUT2D eigenvalue weighted by Crippen LogP contribution is -1.93. The fraction of sp³-hybridized carbons (Fsp3) is 0.143. The van der Waals surface area contributed by atoms with E-state index in [0.717, 1.165) is 16.9 Å². The van der Waals surface area contributed by atoms with E-state index in [1.807, 2.05) is 49.4 Å². The first kappa shape index (κ1) is 11.5. The van der Waals surface area contributed by atoms with Gasteiger partial charge in [0.15, 0.2) is 0 Å². The van der Waals surface area contributed by atoms with Gasteiger partial charge >= 0.3 is 0 Å². The zero-order valence-corrected chi connectivity index (χ0v) is 10.4. The summed E-state index contributed by atoms with van der Waals surface area (Å²) >= 11 is 0. The van der Waals surface area contributed by atoms with Crippen LogP contribution >= 0.6 is 0 Å². The predicted molar refractivity (Wildman–Crippen MR) is 71.3 cm³/mol. The van der Waals surface area contributed by atoms with Crippen molar-refractivity contribution >= 4 is 11.0 Å². The van der Waals surface area contributed by atoms with Crippen LogP contribution in [0.15, 0.2) is 42.5 Å². The van der Waals surface area contributed by atoms with Crippen LogP contribution in [-0.4, -0.2) is 27.0 Å². The number of ether oxygens (including phenoxy) is 1. The number of fused-ring (bicyclic) bond motifs is 1. The van der Waals surface area contributed by atoms with E-state index in [4.69, 9.17) is 4.74 Å². The minimum absolute atomic E-state index is 0.600. The quantitative estimate of drug-likeness (QED) is 0.731. The third-order valence-electron chi connectivity index (χ3n) is 2.88. The molecule has 0 radical (unpaired) electrons. The van der Waals surface area contributed by atoms with Crippen LogP contribution in [0.2, 0.25) is 0 Å². The van der Waals surface area contributed by atoms with Gasteiger partial charge in [-0.2, -0.15) is 0 Å². The molecule has 0 atom stereocenters. The van der Waals surface area contributed by atoms with Gasteiger partial charge in [0.2, 0.25) is 0 Å². The predicted octanol–water partition coefficient (Wildman–Crippen LogP) is 2.73. The molecule has 1 aromatic heterocycles. The SMILES string of the molecule is CCOc1ccc(-c2cccc3nn(O)nc23)cc1. The van der Waals surface area contributed by atoms with E-state index in [1.165, 1.54) is 0 Å². The molecule has 1 N–H and O–H groups in total. The molecule has 0 amide bonds. The van der Waals surface area contributed by atoms with Crippen LogP contribution in [0.3, 0.4) is 0 Å². The third-order valence-corrected chi connectivity index (χ3v) is 2.88. The highest BCUT2D eigenvalue weighted by molar-refractivity contribution is 5.91. The van der Waals surface area contributed by atoms with Gasteiger partial charge in [-0.15, -0.1) is 10.2 Å². The van der Waals surface area contributed by atoms with E-state index >= 15 is 0 Å². The molecule has 0 aliphatic rings. The molecule has 1 heterocycles. The smallest absolute Gasteiger partial charge is 0.124 e. The molecular formula is C14H13N3O2. The van der Waals surface area contributed by atoms with Crippen molar-refractivity contribution in [3.8, 4) is 16.9 Å². The Hall–Kier alpha value is -2.56. The van der Waals surface area contributed by atoms with Crippen LogP contribution in [-0.2, 0) is 0 Å². The molecule has 3 aromatic rings. The number of hydrogen-bond acceptors (Lipinski definition) is 4. The Bertz CT molecular complexity index is 704. The number of benzene rings is 2. The topological polar surface area (TPSA) is 60.2 Å². The van der Waals surface area contributed by atoms with Gasteiger partial charge in [-0.3, -0.25) is 0 Å². The first-order valence-electron chi connectivity index (χ1n) is 6.06. The van der Waals surface area contributed by atoms with Crippen LogP contribution in [0, 0.1) is 0 Å². The summed E-state index contributed by atoms with van der Waals surface area (Å²) in [7, 11) is 0. The van der Waals surface area contributed by atoms with E-state index < -0.39 is 0 Å². The van der Waals surface area contributed by atoms with Crippen LogP contribution in [0.5, 0.6) is 5.75 Å². The molecule has 0 aliphatic heterocycles. The van der Waals surface area contributed by atoms with Crippen molar-refractivity contribution in [1.82, 2.24) is 15.2 Å². The Labute approximate surface area is 110 Å². The van der Waals surface area contributed by atoms with Crippen LogP contribution in [0.1, 0.15) is 6.92 Å². The summed E-state index contributed by atoms with van der Waals surface area (Å²) in [4.78, 5) is 0.600. The molecule has 0 fully saturated rings. The van der Waals surface area contributed by atoms with E-state index in [0.29, 0.717) is 22.6 Å². The second kappa shape index (κ2) is 4.61. The molecule has 3 rings (SSSR count). The number of rotatable bonds is 3. The molecule has 19 heavy (non-hydrogen) atoms. The highest BCUT2D eigenvalue weighted by atomic mass is 16.5. The third kappa shape index (κ3) is 2.10. The Balaban J connectivity index is 2.08. The van der Waals surface area contributed by atoms with Crippen molar-refractivity contribution in [1.29, 1.82) is 0 Å². The summed E-state index contributed by atoms with van der Waals surface area (Å²) in [5.74, 6) is 0.837. The highest BCUT2D eigenvalue weighted by Gasteiger charge is 2.08. The summed E-state index contributed by atoms with van der Waals surface area (Å²) in [5.41, 5.74) is 3.28. The van der Waals surface area contributed by atoms with Gasteiger partial charge in [-0.25, -0.2) is 0 Å². The molecule has 96 valence electrons. The molecule has 0 saturated heterocycles. The van der Waals surface area contributed by atoms with Crippen molar-refractivity contribution in [3.63, 3.8) is 0 Å². The van der Waals surface area contributed by atoms with Crippen LogP contribution in [0.25, 0.3) is 22.2 Å². The molecule has 0 saturated carbocycles. The maximum absolute atomic E-state index is 9.32. The standard InChI is InChI=1S/C14H13N3O2/c1-2-19-11-8-6-10(7-9-11)12-4-3-5-13-14(12)16-17(18)15-13/h3-9,18H,2H2,1H3. The van der Waals surface area contributed by atoms with Crippen LogP contribution in [0.4, 0.5) is 0 Å². The lowest BCUT2D eigenvalue weighted by Gasteiger charge is -2.05. The first-order valence-corrected chi connectivity index (χ1v) is 6.06. The first-order chi connectivity index (χ1) is 9.28. The molecule has 0 unspecified atom stereocenters. The minimum atomic E-state index is 0.600. The van der Waals surface area contributed by atoms with E-state index in [2.05, 4.69) is 10.2 Å². The van der Waals surface area contributed by atoms with Crippen molar-refractivity contribution in [2.75, 3.05) is 6.61 Å². The lowest BCUT2D eigenvalue weighted by atomic mass is 10.0. The maximum atomic E-state index is 9.32. The Morgan fingerprint density at radius 1 is 1.11 bits per heavy atom. The zero-order valence-electron chi connectivity index (χ0n) is 10.4. The summed E-state index contributed by atoms with van der Waals surface area (Å²) in [6.45, 7) is 2.60. The molecule has 0 aliphatic carbocycles.